The third-order valence-electron chi connectivity index (χ3n) is 7.22. The van der Waals surface area contributed by atoms with Crippen LogP contribution >= 0.6 is 0 Å². The van der Waals surface area contributed by atoms with Crippen LogP contribution in [-0.2, 0) is 11.8 Å². The molecule has 0 saturated carbocycles. The van der Waals surface area contributed by atoms with Gasteiger partial charge in [-0.15, -0.1) is 0 Å². The van der Waals surface area contributed by atoms with Crippen LogP contribution in [0.3, 0.4) is 0 Å². The van der Waals surface area contributed by atoms with Crippen molar-refractivity contribution in [1.82, 2.24) is 24.6 Å². The molecule has 2 aromatic carbocycles. The van der Waals surface area contributed by atoms with E-state index in [-0.39, 0.29) is 8.76 Å². The Morgan fingerprint density at radius 2 is 1.80 bits per heavy atom. The quantitative estimate of drug-likeness (QED) is 0.218. The van der Waals surface area contributed by atoms with Gasteiger partial charge in [0.15, 0.2) is 0 Å². The Kier molecular flexibility index (Phi) is 7.53. The van der Waals surface area contributed by atoms with E-state index < -0.39 is 0 Å². The molecule has 0 aliphatic heterocycles. The highest BCUT2D eigenvalue weighted by Gasteiger charge is 2.19. The van der Waals surface area contributed by atoms with Crippen LogP contribution in [0.2, 0.25) is 0 Å². The molecule has 5 aromatic rings. The molecule has 5 rings (SSSR count). The molecule has 8 heteroatoms. The van der Waals surface area contributed by atoms with E-state index >= 15 is 0 Å². The molecular weight excluding hydrogens is 498 g/mol. The first-order chi connectivity index (χ1) is 19.2. The Bertz CT molecular complexity index is 1690. The molecule has 208 valence electrons. The second-order valence-corrected chi connectivity index (χ2v) is 10.3. The number of pyridine rings is 1. The van der Waals surface area contributed by atoms with E-state index in [1.54, 1.807) is 6.20 Å². The second kappa shape index (κ2) is 11.2. The Hall–Kier alpha value is -4.69. The van der Waals surface area contributed by atoms with Gasteiger partial charge in [0.05, 0.1) is 11.4 Å². The van der Waals surface area contributed by atoms with Crippen LogP contribution in [0.15, 0.2) is 79.6 Å². The number of rotatable bonds is 9. The zero-order valence-electron chi connectivity index (χ0n) is 23.7. The van der Waals surface area contributed by atoms with Gasteiger partial charge < -0.3 is 20.1 Å². The smallest absolute Gasteiger partial charge is 0.247 e. The molecule has 0 atom stereocenters. The van der Waals surface area contributed by atoms with E-state index in [1.165, 1.54) is 6.08 Å². The Balaban J connectivity index is 0.00000242. The standard InChI is InChI=1S/C32H35N7O.2H2/c1-7-29(40)35-27-19-23(9-8-21(27)2)30-26-18-24(28-14-15-34-39(28)6)20-33-32(26)36-31(30)22-10-12-25(13-11-22)38(5)17-16-37(3)4;;/h7-15,18-20H,1,16-17H2,2-6H3,(H,33,36)(H,35,40);2*1H. The molecule has 1 amide bonds. The topological polar surface area (TPSA) is 82.1 Å². The maximum atomic E-state index is 12.2. The van der Waals surface area contributed by atoms with Crippen molar-refractivity contribution in [3.8, 4) is 33.6 Å². The summed E-state index contributed by atoms with van der Waals surface area (Å²) in [5.41, 5.74) is 9.65. The first kappa shape index (κ1) is 26.9. The van der Waals surface area contributed by atoms with Gasteiger partial charge in [-0.1, -0.05) is 30.8 Å². The summed E-state index contributed by atoms with van der Waals surface area (Å²) in [4.78, 5) is 25.0. The minimum absolute atomic E-state index is 0. The average molecular weight is 538 g/mol. The zero-order chi connectivity index (χ0) is 28.4. The minimum atomic E-state index is -0.242. The molecule has 0 radical (unpaired) electrons. The molecule has 0 bridgehead atoms. The van der Waals surface area contributed by atoms with Gasteiger partial charge in [0, 0.05) is 70.3 Å². The summed E-state index contributed by atoms with van der Waals surface area (Å²) >= 11 is 0. The van der Waals surface area contributed by atoms with E-state index in [2.05, 4.69) is 89.3 Å². The maximum absolute atomic E-state index is 12.2. The van der Waals surface area contributed by atoms with E-state index in [4.69, 9.17) is 4.98 Å². The van der Waals surface area contributed by atoms with Crippen molar-refractivity contribution in [2.75, 3.05) is 44.4 Å². The fourth-order valence-electron chi connectivity index (χ4n) is 4.84. The Morgan fingerprint density at radius 1 is 1.05 bits per heavy atom. The Labute approximate surface area is 237 Å². The lowest BCUT2D eigenvalue weighted by Crippen LogP contribution is -2.28. The number of aryl methyl sites for hydroxylation is 2. The highest BCUT2D eigenvalue weighted by Crippen LogP contribution is 2.40. The monoisotopic (exact) mass is 537 g/mol. The predicted octanol–water partition coefficient (Wildman–Crippen LogP) is 6.22. The fourth-order valence-corrected chi connectivity index (χ4v) is 4.84. The molecule has 0 saturated heterocycles. The number of likely N-dealkylation sites (N-methyl/N-ethyl adjacent to an activating group) is 2. The van der Waals surface area contributed by atoms with Gasteiger partial charge in [0.2, 0.25) is 5.91 Å². The largest absolute Gasteiger partial charge is 0.373 e. The SMILES string of the molecule is C=CC(=O)Nc1cc(-c2c(-c3ccc(N(C)CCN(C)C)cc3)[nH]c3ncc(-c4ccnn4C)cc23)ccc1C.[HH].[HH]. The number of amides is 1. The number of nitrogens with zero attached hydrogens (tertiary/aromatic N) is 5. The highest BCUT2D eigenvalue weighted by atomic mass is 16.1. The number of nitrogens with one attached hydrogen (secondary N) is 2. The van der Waals surface area contributed by atoms with Gasteiger partial charge in [-0.05, 0) is 74.1 Å². The minimum Gasteiger partial charge on any atom is -0.373 e. The molecule has 0 unspecified atom stereocenters. The van der Waals surface area contributed by atoms with Crippen molar-refractivity contribution in [2.45, 2.75) is 6.92 Å². The lowest BCUT2D eigenvalue weighted by atomic mass is 9.96. The second-order valence-electron chi connectivity index (χ2n) is 10.3. The summed E-state index contributed by atoms with van der Waals surface area (Å²) in [6.07, 6.45) is 4.94. The van der Waals surface area contributed by atoms with Gasteiger partial charge in [0.25, 0.3) is 0 Å². The van der Waals surface area contributed by atoms with Gasteiger partial charge in [-0.3, -0.25) is 9.48 Å². The van der Waals surface area contributed by atoms with Gasteiger partial charge in [-0.25, -0.2) is 4.98 Å². The number of fused-ring (bicyclic) bond motifs is 1. The number of anilines is 2. The van der Waals surface area contributed by atoms with Gasteiger partial charge in [-0.2, -0.15) is 5.10 Å². The molecule has 0 aliphatic carbocycles. The summed E-state index contributed by atoms with van der Waals surface area (Å²) in [5.74, 6) is -0.242. The van der Waals surface area contributed by atoms with Crippen LogP contribution in [0, 0.1) is 6.92 Å². The maximum Gasteiger partial charge on any atom is 0.247 e. The van der Waals surface area contributed by atoms with E-state index in [1.807, 2.05) is 43.0 Å². The lowest BCUT2D eigenvalue weighted by Gasteiger charge is -2.21. The van der Waals surface area contributed by atoms with Crippen LogP contribution in [0.4, 0.5) is 11.4 Å². The number of aromatic nitrogens is 4. The molecule has 40 heavy (non-hydrogen) atoms. The predicted molar refractivity (Wildman–Crippen MR) is 169 cm³/mol. The number of hydrogen-bond donors (Lipinski definition) is 2. The summed E-state index contributed by atoms with van der Waals surface area (Å²) in [6, 6.07) is 18.9. The van der Waals surface area contributed by atoms with Gasteiger partial charge in [0.1, 0.15) is 5.65 Å². The third-order valence-corrected chi connectivity index (χ3v) is 7.22. The van der Waals surface area contributed by atoms with Crippen molar-refractivity contribution >= 4 is 28.3 Å². The van der Waals surface area contributed by atoms with Crippen molar-refractivity contribution in [2.24, 2.45) is 7.05 Å². The highest BCUT2D eigenvalue weighted by molar-refractivity contribution is 6.05. The van der Waals surface area contributed by atoms with Crippen molar-refractivity contribution in [3.63, 3.8) is 0 Å². The number of carbonyl (C=O) groups excluding carboxylic acids is 1. The van der Waals surface area contributed by atoms with Crippen LogP contribution in [0.1, 0.15) is 8.42 Å². The van der Waals surface area contributed by atoms with Crippen LogP contribution in [0.5, 0.6) is 0 Å². The van der Waals surface area contributed by atoms with Gasteiger partial charge >= 0.3 is 0 Å². The number of H-pyrrole nitrogens is 1. The normalized spacial score (nSPS) is 11.2. The molecule has 2 N–H and O–H groups in total. The fraction of sp³-hybridized carbons (Fsp3) is 0.219. The molecule has 3 aromatic heterocycles. The molecule has 3 heterocycles. The molecule has 8 nitrogen and oxygen atoms in total. The van der Waals surface area contributed by atoms with Crippen LogP contribution in [0.25, 0.3) is 44.7 Å². The summed E-state index contributed by atoms with van der Waals surface area (Å²) < 4.78 is 1.84. The first-order valence-corrected chi connectivity index (χ1v) is 13.3. The number of benzene rings is 2. The van der Waals surface area contributed by atoms with E-state index in [9.17, 15) is 4.79 Å². The summed E-state index contributed by atoms with van der Waals surface area (Å²) in [6.45, 7) is 7.49. The van der Waals surface area contributed by atoms with Crippen LogP contribution < -0.4 is 10.2 Å². The summed E-state index contributed by atoms with van der Waals surface area (Å²) in [7, 11) is 8.21. The number of hydrogen-bond acceptors (Lipinski definition) is 5. The van der Waals surface area contributed by atoms with Crippen molar-refractivity contribution in [1.29, 1.82) is 0 Å². The van der Waals surface area contributed by atoms with E-state index in [0.717, 1.165) is 74.7 Å². The molecule has 0 fully saturated rings. The van der Waals surface area contributed by atoms with Crippen molar-refractivity contribution in [3.05, 3.63) is 85.2 Å². The van der Waals surface area contributed by atoms with Crippen molar-refractivity contribution < 1.29 is 7.65 Å². The average Bonchev–Trinajstić information content (AvgIpc) is 3.56. The molecule has 0 aliphatic rings. The molecular formula is C32H39N7O. The zero-order valence-corrected chi connectivity index (χ0v) is 23.7. The van der Waals surface area contributed by atoms with Crippen LogP contribution in [-0.4, -0.2) is 64.8 Å². The first-order valence-electron chi connectivity index (χ1n) is 13.3. The molecule has 0 spiro atoms. The lowest BCUT2D eigenvalue weighted by molar-refractivity contribution is -0.111. The number of aromatic amines is 1. The Morgan fingerprint density at radius 3 is 2.48 bits per heavy atom. The number of carbonyl (C=O) groups is 1. The third kappa shape index (κ3) is 5.39. The van der Waals surface area contributed by atoms with E-state index in [0.29, 0.717) is 0 Å². The summed E-state index contributed by atoms with van der Waals surface area (Å²) in [5, 5.41) is 8.27.